The van der Waals surface area contributed by atoms with Crippen molar-refractivity contribution in [3.05, 3.63) is 35.9 Å². The molecule has 1 fully saturated rings. The van der Waals surface area contributed by atoms with Gasteiger partial charge >= 0.3 is 0 Å². The normalized spacial score (nSPS) is 16.3. The van der Waals surface area contributed by atoms with E-state index in [0.717, 1.165) is 5.56 Å². The fraction of sp³-hybridized carbons (Fsp3) is 0.533. The number of carbonyl (C=O) groups is 1. The molecule has 98 valence electrons. The molecule has 0 heterocycles. The molecular weight excluding hydrogens is 226 g/mol. The lowest BCUT2D eigenvalue weighted by molar-refractivity contribution is -0.137. The fourth-order valence-electron chi connectivity index (χ4n) is 2.05. The van der Waals surface area contributed by atoms with Crippen LogP contribution in [0.2, 0.25) is 0 Å². The van der Waals surface area contributed by atoms with Crippen LogP contribution in [-0.4, -0.2) is 30.5 Å². The second kappa shape index (κ2) is 6.01. The molecule has 1 aromatic rings. The van der Waals surface area contributed by atoms with E-state index in [2.05, 4.69) is 6.92 Å². The number of hydrogen-bond donors (Lipinski definition) is 0. The van der Waals surface area contributed by atoms with Gasteiger partial charge in [0.2, 0.25) is 5.91 Å². The maximum Gasteiger partial charge on any atom is 0.248 e. The van der Waals surface area contributed by atoms with Crippen LogP contribution in [0.25, 0.3) is 0 Å². The van der Waals surface area contributed by atoms with Crippen molar-refractivity contribution in [2.75, 3.05) is 13.7 Å². The Labute approximate surface area is 109 Å². The molecule has 0 aromatic heterocycles. The molecule has 1 aliphatic carbocycles. The monoisotopic (exact) mass is 247 g/mol. The highest BCUT2D eigenvalue weighted by Gasteiger charge is 2.32. The zero-order valence-corrected chi connectivity index (χ0v) is 11.1. The number of likely N-dealkylation sites (N-methyl/N-ethyl adjacent to an activating group) is 1. The molecule has 1 aromatic carbocycles. The third-order valence-corrected chi connectivity index (χ3v) is 3.65. The number of hydrogen-bond acceptors (Lipinski definition) is 2. The average molecular weight is 247 g/mol. The summed E-state index contributed by atoms with van der Waals surface area (Å²) in [4.78, 5) is 13.7. The summed E-state index contributed by atoms with van der Waals surface area (Å²) in [6.07, 6.45) is 2.51. The quantitative estimate of drug-likeness (QED) is 0.773. The third kappa shape index (κ3) is 3.57. The lowest BCUT2D eigenvalue weighted by atomic mass is 10.2. The zero-order valence-electron chi connectivity index (χ0n) is 11.1. The van der Waals surface area contributed by atoms with Crippen LogP contribution in [0, 0.1) is 5.92 Å². The van der Waals surface area contributed by atoms with E-state index in [1.165, 1.54) is 12.8 Å². The van der Waals surface area contributed by atoms with Crippen LogP contribution >= 0.6 is 0 Å². The smallest absolute Gasteiger partial charge is 0.248 e. The molecule has 0 radical (unpaired) electrons. The second-order valence-corrected chi connectivity index (χ2v) is 5.06. The SMILES string of the molecule is C[C@H](C1CC1)N(C)C(=O)COCc1ccccc1. The van der Waals surface area contributed by atoms with Crippen LogP contribution in [0.5, 0.6) is 0 Å². The van der Waals surface area contributed by atoms with Crippen LogP contribution in [0.4, 0.5) is 0 Å². The number of benzene rings is 1. The molecule has 1 aliphatic rings. The molecule has 1 amide bonds. The Morgan fingerprint density at radius 3 is 2.67 bits per heavy atom. The van der Waals surface area contributed by atoms with Crippen molar-refractivity contribution < 1.29 is 9.53 Å². The van der Waals surface area contributed by atoms with Crippen molar-refractivity contribution in [1.29, 1.82) is 0 Å². The molecule has 0 saturated heterocycles. The number of carbonyl (C=O) groups excluding carboxylic acids is 1. The van der Waals surface area contributed by atoms with E-state index in [0.29, 0.717) is 18.6 Å². The Morgan fingerprint density at radius 2 is 2.06 bits per heavy atom. The Morgan fingerprint density at radius 1 is 1.39 bits per heavy atom. The maximum atomic E-state index is 11.9. The van der Waals surface area contributed by atoms with Gasteiger partial charge < -0.3 is 9.64 Å². The summed E-state index contributed by atoms with van der Waals surface area (Å²) in [5.41, 5.74) is 1.10. The van der Waals surface area contributed by atoms with Gasteiger partial charge in [0.25, 0.3) is 0 Å². The van der Waals surface area contributed by atoms with Crippen molar-refractivity contribution in [2.45, 2.75) is 32.4 Å². The maximum absolute atomic E-state index is 11.9. The summed E-state index contributed by atoms with van der Waals surface area (Å²) in [5.74, 6) is 0.776. The predicted octanol–water partition coefficient (Wildman–Crippen LogP) is 2.46. The Hall–Kier alpha value is -1.35. The lowest BCUT2D eigenvalue weighted by Gasteiger charge is -2.24. The Bertz CT molecular complexity index is 387. The zero-order chi connectivity index (χ0) is 13.0. The van der Waals surface area contributed by atoms with Gasteiger partial charge in [-0.05, 0) is 31.2 Å². The number of amides is 1. The summed E-state index contributed by atoms with van der Waals surface area (Å²) >= 11 is 0. The van der Waals surface area contributed by atoms with E-state index >= 15 is 0 Å². The van der Waals surface area contributed by atoms with Gasteiger partial charge in [0, 0.05) is 13.1 Å². The molecule has 0 unspecified atom stereocenters. The largest absolute Gasteiger partial charge is 0.367 e. The van der Waals surface area contributed by atoms with E-state index in [1.54, 1.807) is 0 Å². The van der Waals surface area contributed by atoms with Gasteiger partial charge in [0.05, 0.1) is 6.61 Å². The molecule has 0 spiro atoms. The van der Waals surface area contributed by atoms with Gasteiger partial charge in [0.1, 0.15) is 6.61 Å². The molecule has 1 atom stereocenters. The van der Waals surface area contributed by atoms with Crippen LogP contribution in [0.3, 0.4) is 0 Å². The first-order valence-corrected chi connectivity index (χ1v) is 6.56. The van der Waals surface area contributed by atoms with Crippen LogP contribution in [-0.2, 0) is 16.1 Å². The van der Waals surface area contributed by atoms with Crippen molar-refractivity contribution in [2.24, 2.45) is 5.92 Å². The standard InChI is InChI=1S/C15H21NO2/c1-12(14-8-9-14)16(2)15(17)11-18-10-13-6-4-3-5-7-13/h3-7,12,14H,8-11H2,1-2H3/t12-/m1/s1. The van der Waals surface area contributed by atoms with Crippen molar-refractivity contribution in [3.63, 3.8) is 0 Å². The highest BCUT2D eigenvalue weighted by molar-refractivity contribution is 5.77. The minimum absolute atomic E-state index is 0.0744. The predicted molar refractivity (Wildman–Crippen MR) is 71.1 cm³/mol. The molecule has 18 heavy (non-hydrogen) atoms. The number of rotatable bonds is 6. The third-order valence-electron chi connectivity index (χ3n) is 3.65. The molecule has 3 nitrogen and oxygen atoms in total. The molecular formula is C15H21NO2. The fourth-order valence-corrected chi connectivity index (χ4v) is 2.05. The van der Waals surface area contributed by atoms with Gasteiger partial charge in [-0.25, -0.2) is 0 Å². The van der Waals surface area contributed by atoms with E-state index < -0.39 is 0 Å². The van der Waals surface area contributed by atoms with E-state index in [1.807, 2.05) is 42.3 Å². The molecule has 0 N–H and O–H groups in total. The van der Waals surface area contributed by atoms with Gasteiger partial charge in [-0.15, -0.1) is 0 Å². The van der Waals surface area contributed by atoms with Crippen LogP contribution < -0.4 is 0 Å². The summed E-state index contributed by atoms with van der Waals surface area (Å²) in [6.45, 7) is 2.79. The minimum Gasteiger partial charge on any atom is -0.367 e. The summed E-state index contributed by atoms with van der Waals surface area (Å²) < 4.78 is 5.46. The first kappa shape index (κ1) is 13.1. The van der Waals surface area contributed by atoms with Crippen molar-refractivity contribution in [1.82, 2.24) is 4.90 Å². The molecule has 0 bridgehead atoms. The summed E-state index contributed by atoms with van der Waals surface area (Å²) in [7, 11) is 1.87. The van der Waals surface area contributed by atoms with Gasteiger partial charge in [-0.1, -0.05) is 30.3 Å². The van der Waals surface area contributed by atoms with Crippen LogP contribution in [0.15, 0.2) is 30.3 Å². The summed E-state index contributed by atoms with van der Waals surface area (Å²) in [5, 5.41) is 0. The molecule has 1 saturated carbocycles. The minimum atomic E-state index is 0.0744. The molecule has 3 heteroatoms. The average Bonchev–Trinajstić information content (AvgIpc) is 3.22. The Balaban J connectivity index is 1.71. The first-order chi connectivity index (χ1) is 8.68. The highest BCUT2D eigenvalue weighted by Crippen LogP contribution is 2.34. The lowest BCUT2D eigenvalue weighted by Crippen LogP contribution is -2.38. The van der Waals surface area contributed by atoms with E-state index in [-0.39, 0.29) is 12.5 Å². The van der Waals surface area contributed by atoms with Crippen LogP contribution in [0.1, 0.15) is 25.3 Å². The summed E-state index contributed by atoms with van der Waals surface area (Å²) in [6, 6.07) is 10.3. The topological polar surface area (TPSA) is 29.5 Å². The van der Waals surface area contributed by atoms with Crippen molar-refractivity contribution in [3.8, 4) is 0 Å². The highest BCUT2D eigenvalue weighted by atomic mass is 16.5. The van der Waals surface area contributed by atoms with Crippen molar-refractivity contribution >= 4 is 5.91 Å². The van der Waals surface area contributed by atoms with Gasteiger partial charge in [0.15, 0.2) is 0 Å². The van der Waals surface area contributed by atoms with Gasteiger partial charge in [-0.3, -0.25) is 4.79 Å². The second-order valence-electron chi connectivity index (χ2n) is 5.06. The Kier molecular flexibility index (Phi) is 4.37. The number of ether oxygens (including phenoxy) is 1. The van der Waals surface area contributed by atoms with E-state index in [4.69, 9.17) is 4.74 Å². The number of nitrogens with zero attached hydrogens (tertiary/aromatic N) is 1. The van der Waals surface area contributed by atoms with E-state index in [9.17, 15) is 4.79 Å². The molecule has 2 rings (SSSR count). The first-order valence-electron chi connectivity index (χ1n) is 6.56. The molecule has 0 aliphatic heterocycles. The van der Waals surface area contributed by atoms with Gasteiger partial charge in [-0.2, -0.15) is 0 Å².